The summed E-state index contributed by atoms with van der Waals surface area (Å²) in [6, 6.07) is 7.78. The number of nitrogens with two attached hydrogens (primary N) is 1. The van der Waals surface area contributed by atoms with Gasteiger partial charge in [-0.05, 0) is 12.1 Å². The van der Waals surface area contributed by atoms with Crippen molar-refractivity contribution in [2.24, 2.45) is 5.73 Å². The summed E-state index contributed by atoms with van der Waals surface area (Å²) in [4.78, 5) is 25.2. The molecule has 1 aromatic carbocycles. The summed E-state index contributed by atoms with van der Waals surface area (Å²) < 4.78 is 7.19. The van der Waals surface area contributed by atoms with Gasteiger partial charge in [0.2, 0.25) is 11.8 Å². The third kappa shape index (κ3) is 3.43. The Kier molecular flexibility index (Phi) is 4.43. The molecule has 23 heavy (non-hydrogen) atoms. The van der Waals surface area contributed by atoms with Crippen molar-refractivity contribution >= 4 is 28.8 Å². The number of rotatable bonds is 4. The van der Waals surface area contributed by atoms with Crippen molar-refractivity contribution in [3.63, 3.8) is 0 Å². The molecule has 0 radical (unpaired) electrons. The van der Waals surface area contributed by atoms with Crippen LogP contribution in [-0.4, -0.2) is 47.6 Å². The van der Waals surface area contributed by atoms with E-state index in [1.165, 1.54) is 6.08 Å². The van der Waals surface area contributed by atoms with E-state index < -0.39 is 5.91 Å². The minimum absolute atomic E-state index is 0.0690. The van der Waals surface area contributed by atoms with Gasteiger partial charge >= 0.3 is 0 Å². The van der Waals surface area contributed by atoms with Crippen LogP contribution in [0.4, 0.5) is 0 Å². The maximum Gasteiger partial charge on any atom is 0.242 e. The van der Waals surface area contributed by atoms with Gasteiger partial charge in [0, 0.05) is 41.8 Å². The number of hydrogen-bond donors (Lipinski definition) is 1. The number of carbonyl (C=O) groups excluding carboxylic acids is 2. The Morgan fingerprint density at radius 3 is 2.70 bits per heavy atom. The summed E-state index contributed by atoms with van der Waals surface area (Å²) in [6.07, 6.45) is 4.89. The summed E-state index contributed by atoms with van der Waals surface area (Å²) in [7, 11) is 0. The van der Waals surface area contributed by atoms with Crippen molar-refractivity contribution in [1.29, 1.82) is 0 Å². The van der Waals surface area contributed by atoms with Gasteiger partial charge in [0.05, 0.1) is 13.2 Å². The first-order valence-corrected chi connectivity index (χ1v) is 7.56. The highest BCUT2D eigenvalue weighted by Gasteiger charge is 2.18. The minimum Gasteiger partial charge on any atom is -0.378 e. The minimum atomic E-state index is -0.494. The van der Waals surface area contributed by atoms with E-state index in [9.17, 15) is 9.59 Å². The van der Waals surface area contributed by atoms with Crippen LogP contribution >= 0.6 is 0 Å². The lowest BCUT2D eigenvalue weighted by Crippen LogP contribution is -2.42. The van der Waals surface area contributed by atoms with Crippen LogP contribution in [0.25, 0.3) is 17.0 Å². The van der Waals surface area contributed by atoms with Crippen molar-refractivity contribution in [3.05, 3.63) is 42.1 Å². The van der Waals surface area contributed by atoms with Crippen molar-refractivity contribution in [2.45, 2.75) is 6.54 Å². The fourth-order valence-corrected chi connectivity index (χ4v) is 2.77. The largest absolute Gasteiger partial charge is 0.378 e. The number of morpholine rings is 1. The van der Waals surface area contributed by atoms with Crippen LogP contribution in [0.2, 0.25) is 0 Å². The second kappa shape index (κ2) is 6.66. The number of primary amides is 1. The molecule has 1 saturated heterocycles. The number of para-hydroxylation sites is 1. The highest BCUT2D eigenvalue weighted by Crippen LogP contribution is 2.22. The molecule has 0 bridgehead atoms. The Morgan fingerprint density at radius 1 is 1.22 bits per heavy atom. The molecule has 3 rings (SSSR count). The van der Waals surface area contributed by atoms with Crippen LogP contribution < -0.4 is 5.73 Å². The van der Waals surface area contributed by atoms with E-state index in [-0.39, 0.29) is 12.5 Å². The van der Waals surface area contributed by atoms with Gasteiger partial charge in [-0.15, -0.1) is 0 Å². The Hall–Kier alpha value is -2.60. The van der Waals surface area contributed by atoms with Crippen LogP contribution in [-0.2, 0) is 20.9 Å². The highest BCUT2D eigenvalue weighted by molar-refractivity contribution is 5.96. The fraction of sp³-hybridized carbons (Fsp3) is 0.294. The number of nitrogens with zero attached hydrogens (tertiary/aromatic N) is 2. The maximum atomic E-state index is 12.4. The first kappa shape index (κ1) is 15.3. The van der Waals surface area contributed by atoms with Gasteiger partial charge in [-0.1, -0.05) is 18.2 Å². The standard InChI is InChI=1S/C17H19N3O3/c18-16(21)6-5-13-11-20(15-4-2-1-3-14(13)15)12-17(22)19-7-9-23-10-8-19/h1-6,11H,7-10,12H2,(H2,18,21)/b6-5-. The Balaban J connectivity index is 1.88. The molecule has 2 amide bonds. The van der Waals surface area contributed by atoms with E-state index in [0.717, 1.165) is 16.5 Å². The molecule has 2 aromatic rings. The first-order valence-electron chi connectivity index (χ1n) is 7.56. The maximum absolute atomic E-state index is 12.4. The summed E-state index contributed by atoms with van der Waals surface area (Å²) in [5.74, 6) is -0.425. The molecule has 0 spiro atoms. The van der Waals surface area contributed by atoms with Crippen molar-refractivity contribution in [2.75, 3.05) is 26.3 Å². The number of benzene rings is 1. The molecule has 1 aliphatic heterocycles. The second-order valence-electron chi connectivity index (χ2n) is 5.46. The summed E-state index contributed by atoms with van der Waals surface area (Å²) in [5.41, 5.74) is 6.99. The van der Waals surface area contributed by atoms with Gasteiger partial charge in [-0.25, -0.2) is 0 Å². The van der Waals surface area contributed by atoms with E-state index in [2.05, 4.69) is 0 Å². The van der Waals surface area contributed by atoms with E-state index >= 15 is 0 Å². The van der Waals surface area contributed by atoms with Crippen LogP contribution in [0.5, 0.6) is 0 Å². The third-order valence-corrected chi connectivity index (χ3v) is 3.92. The van der Waals surface area contributed by atoms with E-state index in [4.69, 9.17) is 10.5 Å². The lowest BCUT2D eigenvalue weighted by atomic mass is 10.1. The van der Waals surface area contributed by atoms with Gasteiger partial charge in [-0.3, -0.25) is 9.59 Å². The van der Waals surface area contributed by atoms with Crippen LogP contribution in [0.15, 0.2) is 36.5 Å². The normalized spacial score (nSPS) is 15.4. The number of amides is 2. The molecule has 0 unspecified atom stereocenters. The van der Waals surface area contributed by atoms with Gasteiger partial charge in [0.15, 0.2) is 0 Å². The lowest BCUT2D eigenvalue weighted by molar-refractivity contribution is -0.135. The molecule has 0 atom stereocenters. The monoisotopic (exact) mass is 313 g/mol. The van der Waals surface area contributed by atoms with Gasteiger partial charge < -0.3 is 19.9 Å². The highest BCUT2D eigenvalue weighted by atomic mass is 16.5. The Bertz CT molecular complexity index is 758. The molecule has 0 saturated carbocycles. The topological polar surface area (TPSA) is 77.6 Å². The number of carbonyl (C=O) groups is 2. The molecular formula is C17H19N3O3. The Morgan fingerprint density at radius 2 is 1.96 bits per heavy atom. The summed E-state index contributed by atoms with van der Waals surface area (Å²) in [6.45, 7) is 2.71. The van der Waals surface area contributed by atoms with Gasteiger partial charge in [0.25, 0.3) is 0 Å². The van der Waals surface area contributed by atoms with E-state index in [1.54, 1.807) is 6.08 Å². The van der Waals surface area contributed by atoms with E-state index in [0.29, 0.717) is 26.3 Å². The van der Waals surface area contributed by atoms with Crippen LogP contribution in [0.3, 0.4) is 0 Å². The fourth-order valence-electron chi connectivity index (χ4n) is 2.77. The molecule has 6 nitrogen and oxygen atoms in total. The van der Waals surface area contributed by atoms with Crippen molar-refractivity contribution in [3.8, 4) is 0 Å². The molecule has 6 heteroatoms. The zero-order valence-corrected chi connectivity index (χ0v) is 12.8. The molecule has 2 heterocycles. The predicted molar refractivity (Wildman–Crippen MR) is 87.6 cm³/mol. The molecule has 0 aliphatic carbocycles. The van der Waals surface area contributed by atoms with Gasteiger partial charge in [-0.2, -0.15) is 0 Å². The SMILES string of the molecule is NC(=O)/C=C\c1cn(CC(=O)N2CCOCC2)c2ccccc12. The third-order valence-electron chi connectivity index (χ3n) is 3.92. The number of hydrogen-bond acceptors (Lipinski definition) is 3. The summed E-state index contributed by atoms with van der Waals surface area (Å²) in [5, 5.41) is 0.986. The average Bonchev–Trinajstić information content (AvgIpc) is 2.92. The van der Waals surface area contributed by atoms with Gasteiger partial charge in [0.1, 0.15) is 6.54 Å². The molecule has 1 aliphatic rings. The quantitative estimate of drug-likeness (QED) is 0.855. The molecular weight excluding hydrogens is 294 g/mol. The second-order valence-corrected chi connectivity index (χ2v) is 5.46. The number of aromatic nitrogens is 1. The zero-order chi connectivity index (χ0) is 16.2. The smallest absolute Gasteiger partial charge is 0.242 e. The first-order chi connectivity index (χ1) is 11.1. The van der Waals surface area contributed by atoms with E-state index in [1.807, 2.05) is 39.9 Å². The van der Waals surface area contributed by atoms with Crippen LogP contribution in [0, 0.1) is 0 Å². The van der Waals surface area contributed by atoms with Crippen molar-refractivity contribution < 1.29 is 14.3 Å². The predicted octanol–water partition coefficient (Wildman–Crippen LogP) is 0.999. The number of ether oxygens (including phenoxy) is 1. The van der Waals surface area contributed by atoms with Crippen LogP contribution in [0.1, 0.15) is 5.56 Å². The molecule has 1 fully saturated rings. The molecule has 2 N–H and O–H groups in total. The molecule has 1 aromatic heterocycles. The summed E-state index contributed by atoms with van der Waals surface area (Å²) >= 11 is 0. The van der Waals surface area contributed by atoms with Crippen molar-refractivity contribution in [1.82, 2.24) is 9.47 Å². The zero-order valence-electron chi connectivity index (χ0n) is 12.8. The lowest BCUT2D eigenvalue weighted by Gasteiger charge is -2.27. The molecule has 120 valence electrons. The number of fused-ring (bicyclic) bond motifs is 1. The Labute approximate surface area is 134 Å². The average molecular weight is 313 g/mol.